The van der Waals surface area contributed by atoms with Gasteiger partial charge >= 0.3 is 6.03 Å². The van der Waals surface area contributed by atoms with Crippen molar-refractivity contribution in [3.05, 3.63) is 64.9 Å². The summed E-state index contributed by atoms with van der Waals surface area (Å²) in [5.74, 6) is 0. The minimum Gasteiger partial charge on any atom is -0.334 e. The van der Waals surface area contributed by atoms with E-state index in [1.165, 1.54) is 0 Å². The second-order valence-electron chi connectivity index (χ2n) is 5.88. The van der Waals surface area contributed by atoms with Crippen molar-refractivity contribution in [3.8, 4) is 0 Å². The van der Waals surface area contributed by atoms with E-state index in [1.54, 1.807) is 12.4 Å². The van der Waals surface area contributed by atoms with Gasteiger partial charge < -0.3 is 10.2 Å². The van der Waals surface area contributed by atoms with E-state index in [0.29, 0.717) is 17.6 Å². The van der Waals surface area contributed by atoms with Crippen molar-refractivity contribution in [3.63, 3.8) is 0 Å². The van der Waals surface area contributed by atoms with Crippen LogP contribution >= 0.6 is 11.6 Å². The molecule has 1 aliphatic carbocycles. The van der Waals surface area contributed by atoms with Crippen LogP contribution in [0.2, 0.25) is 5.02 Å². The number of pyridine rings is 1. The quantitative estimate of drug-likeness (QED) is 0.894. The average molecular weight is 330 g/mol. The molecule has 1 atom stereocenters. The van der Waals surface area contributed by atoms with Crippen molar-refractivity contribution in [2.45, 2.75) is 38.4 Å². The average Bonchev–Trinajstić information content (AvgIpc) is 3.39. The van der Waals surface area contributed by atoms with Crippen LogP contribution in [0.3, 0.4) is 0 Å². The van der Waals surface area contributed by atoms with Crippen molar-refractivity contribution < 1.29 is 4.79 Å². The first-order chi connectivity index (χ1) is 11.1. The molecule has 0 bridgehead atoms. The van der Waals surface area contributed by atoms with Gasteiger partial charge in [0.1, 0.15) is 0 Å². The van der Waals surface area contributed by atoms with Gasteiger partial charge in [-0.1, -0.05) is 23.7 Å². The Morgan fingerprint density at radius 3 is 2.52 bits per heavy atom. The molecule has 0 saturated heterocycles. The summed E-state index contributed by atoms with van der Waals surface area (Å²) in [6.45, 7) is 2.57. The van der Waals surface area contributed by atoms with E-state index in [2.05, 4.69) is 17.2 Å². The molecule has 1 N–H and O–H groups in total. The van der Waals surface area contributed by atoms with Crippen LogP contribution in [0.15, 0.2) is 48.8 Å². The summed E-state index contributed by atoms with van der Waals surface area (Å²) in [6.07, 6.45) is 5.61. The van der Waals surface area contributed by atoms with Gasteiger partial charge in [-0.25, -0.2) is 4.79 Å². The van der Waals surface area contributed by atoms with Gasteiger partial charge in [0.2, 0.25) is 0 Å². The highest BCUT2D eigenvalue weighted by atomic mass is 35.5. The van der Waals surface area contributed by atoms with Gasteiger partial charge in [-0.15, -0.1) is 0 Å². The third kappa shape index (κ3) is 4.02. The maximum absolute atomic E-state index is 12.7. The third-order valence-electron chi connectivity index (χ3n) is 4.14. The van der Waals surface area contributed by atoms with Crippen molar-refractivity contribution in [2.75, 3.05) is 0 Å². The van der Waals surface area contributed by atoms with Crippen molar-refractivity contribution in [2.24, 2.45) is 0 Å². The fourth-order valence-corrected chi connectivity index (χ4v) is 2.81. The Kier molecular flexibility index (Phi) is 4.82. The molecule has 4 nitrogen and oxygen atoms in total. The Balaban J connectivity index is 1.68. The number of rotatable bonds is 5. The van der Waals surface area contributed by atoms with Gasteiger partial charge in [0.05, 0.1) is 6.04 Å². The molecular formula is C18H20ClN3O. The molecule has 1 aromatic carbocycles. The van der Waals surface area contributed by atoms with E-state index in [9.17, 15) is 4.79 Å². The maximum atomic E-state index is 12.7. The predicted octanol–water partition coefficient (Wildman–Crippen LogP) is 4.17. The highest BCUT2D eigenvalue weighted by molar-refractivity contribution is 6.30. The molecule has 0 spiro atoms. The summed E-state index contributed by atoms with van der Waals surface area (Å²) in [5.41, 5.74) is 2.14. The lowest BCUT2D eigenvalue weighted by atomic mass is 10.1. The summed E-state index contributed by atoms with van der Waals surface area (Å²) in [7, 11) is 0. The highest BCUT2D eigenvalue weighted by Crippen LogP contribution is 2.34. The van der Waals surface area contributed by atoms with E-state index in [0.717, 1.165) is 24.0 Å². The molecule has 3 rings (SSSR count). The van der Waals surface area contributed by atoms with Crippen LogP contribution in [0.5, 0.6) is 0 Å². The summed E-state index contributed by atoms with van der Waals surface area (Å²) in [4.78, 5) is 18.6. The standard InChI is InChI=1S/C18H20ClN3O/c1-13(15-2-4-16(19)5-3-15)22(17-6-7-17)18(23)21-12-14-8-10-20-11-9-14/h2-5,8-11,13,17H,6-7,12H2,1H3,(H,21,23)/t13-/m1/s1. The van der Waals surface area contributed by atoms with E-state index < -0.39 is 0 Å². The van der Waals surface area contributed by atoms with Gasteiger partial charge in [0.25, 0.3) is 0 Å². The first-order valence-electron chi connectivity index (χ1n) is 7.85. The van der Waals surface area contributed by atoms with Gasteiger partial charge in [-0.05, 0) is 55.2 Å². The number of hydrogen-bond acceptors (Lipinski definition) is 2. The van der Waals surface area contributed by atoms with Crippen LogP contribution in [-0.4, -0.2) is 22.0 Å². The molecule has 0 radical (unpaired) electrons. The van der Waals surface area contributed by atoms with Gasteiger partial charge in [-0.3, -0.25) is 4.98 Å². The lowest BCUT2D eigenvalue weighted by Gasteiger charge is -2.30. The number of hydrogen-bond donors (Lipinski definition) is 1. The number of carbonyl (C=O) groups excluding carboxylic acids is 1. The number of halogens is 1. The second kappa shape index (κ2) is 7.01. The molecule has 1 fully saturated rings. The molecule has 2 amide bonds. The number of carbonyl (C=O) groups is 1. The van der Waals surface area contributed by atoms with Crippen molar-refractivity contribution in [1.29, 1.82) is 0 Å². The van der Waals surface area contributed by atoms with Crippen LogP contribution in [0, 0.1) is 0 Å². The van der Waals surface area contributed by atoms with Gasteiger partial charge in [0.15, 0.2) is 0 Å². The zero-order valence-electron chi connectivity index (χ0n) is 13.1. The fraction of sp³-hybridized carbons (Fsp3) is 0.333. The van der Waals surface area contributed by atoms with E-state index >= 15 is 0 Å². The molecule has 5 heteroatoms. The molecular weight excluding hydrogens is 310 g/mol. The third-order valence-corrected chi connectivity index (χ3v) is 4.39. The lowest BCUT2D eigenvalue weighted by molar-refractivity contribution is 0.174. The largest absolute Gasteiger partial charge is 0.334 e. The number of aromatic nitrogens is 1. The second-order valence-corrected chi connectivity index (χ2v) is 6.32. The number of amides is 2. The smallest absolute Gasteiger partial charge is 0.318 e. The van der Waals surface area contributed by atoms with E-state index in [1.807, 2.05) is 41.3 Å². The molecule has 2 aromatic rings. The highest BCUT2D eigenvalue weighted by Gasteiger charge is 2.36. The van der Waals surface area contributed by atoms with Crippen LogP contribution in [-0.2, 0) is 6.54 Å². The molecule has 120 valence electrons. The first-order valence-corrected chi connectivity index (χ1v) is 8.23. The van der Waals surface area contributed by atoms with E-state index in [4.69, 9.17) is 11.6 Å². The summed E-state index contributed by atoms with van der Waals surface area (Å²) >= 11 is 5.95. The number of nitrogens with one attached hydrogen (secondary N) is 1. The Hall–Kier alpha value is -2.07. The molecule has 1 heterocycles. The van der Waals surface area contributed by atoms with Gasteiger partial charge in [0, 0.05) is 30.0 Å². The Morgan fingerprint density at radius 1 is 1.26 bits per heavy atom. The summed E-state index contributed by atoms with van der Waals surface area (Å²) in [5, 5.41) is 3.72. The summed E-state index contributed by atoms with van der Waals surface area (Å²) in [6, 6.07) is 11.9. The molecule has 1 aromatic heterocycles. The van der Waals surface area contributed by atoms with E-state index in [-0.39, 0.29) is 12.1 Å². The minimum atomic E-state index is -0.0215. The Labute approximate surface area is 141 Å². The Morgan fingerprint density at radius 2 is 1.91 bits per heavy atom. The SMILES string of the molecule is C[C@H](c1ccc(Cl)cc1)N(C(=O)NCc1ccncc1)C1CC1. The number of nitrogens with zero attached hydrogens (tertiary/aromatic N) is 2. The summed E-state index contributed by atoms with van der Waals surface area (Å²) < 4.78 is 0. The molecule has 1 saturated carbocycles. The van der Waals surface area contributed by atoms with Crippen molar-refractivity contribution >= 4 is 17.6 Å². The zero-order chi connectivity index (χ0) is 16.2. The maximum Gasteiger partial charge on any atom is 0.318 e. The van der Waals surface area contributed by atoms with Crippen LogP contribution in [0.1, 0.15) is 36.9 Å². The minimum absolute atomic E-state index is 0.0215. The molecule has 1 aliphatic rings. The van der Waals surface area contributed by atoms with Crippen LogP contribution in [0.4, 0.5) is 4.79 Å². The van der Waals surface area contributed by atoms with Gasteiger partial charge in [-0.2, -0.15) is 0 Å². The first kappa shape index (κ1) is 15.8. The number of urea groups is 1. The number of benzene rings is 1. The van der Waals surface area contributed by atoms with Crippen LogP contribution < -0.4 is 5.32 Å². The fourth-order valence-electron chi connectivity index (χ4n) is 2.68. The molecule has 0 aliphatic heterocycles. The topological polar surface area (TPSA) is 45.2 Å². The lowest BCUT2D eigenvalue weighted by Crippen LogP contribution is -2.42. The van der Waals surface area contributed by atoms with Crippen LogP contribution in [0.25, 0.3) is 0 Å². The zero-order valence-corrected chi connectivity index (χ0v) is 13.8. The monoisotopic (exact) mass is 329 g/mol. The van der Waals surface area contributed by atoms with Crippen molar-refractivity contribution in [1.82, 2.24) is 15.2 Å². The molecule has 23 heavy (non-hydrogen) atoms. The normalized spacial score (nSPS) is 15.0. The predicted molar refractivity (Wildman–Crippen MR) is 91.2 cm³/mol. The molecule has 0 unspecified atom stereocenters. The Bertz CT molecular complexity index is 656.